The lowest BCUT2D eigenvalue weighted by Gasteiger charge is -2.29. The third-order valence-electron chi connectivity index (χ3n) is 3.60. The molecule has 0 fully saturated rings. The summed E-state index contributed by atoms with van der Waals surface area (Å²) in [6.07, 6.45) is 0.410. The number of guanidine groups is 1. The number of rotatable bonds is 7. The van der Waals surface area contributed by atoms with Crippen LogP contribution in [0.25, 0.3) is 0 Å². The van der Waals surface area contributed by atoms with Crippen molar-refractivity contribution in [1.82, 2.24) is 16.0 Å². The molecule has 1 amide bonds. The highest BCUT2D eigenvalue weighted by Crippen LogP contribution is 2.12. The summed E-state index contributed by atoms with van der Waals surface area (Å²) < 4.78 is 10.5. The predicted molar refractivity (Wildman–Crippen MR) is 110 cm³/mol. The molecule has 0 atom stereocenters. The molecule has 0 unspecified atom stereocenters. The molecule has 0 saturated heterocycles. The first kappa shape index (κ1) is 22.6. The van der Waals surface area contributed by atoms with E-state index in [-0.39, 0.29) is 0 Å². The number of aliphatic imine (C=N–C) groups is 1. The third kappa shape index (κ3) is 9.72. The molecule has 0 radical (unpaired) electrons. The molecular formula is C20H34N4O3. The quantitative estimate of drug-likeness (QED) is 0.502. The number of nitrogens with one attached hydrogen (secondary N) is 3. The molecule has 0 aromatic heterocycles. The molecule has 0 heterocycles. The van der Waals surface area contributed by atoms with Crippen molar-refractivity contribution in [1.29, 1.82) is 0 Å². The van der Waals surface area contributed by atoms with Gasteiger partial charge in [0.05, 0.1) is 12.6 Å². The van der Waals surface area contributed by atoms with E-state index >= 15 is 0 Å². The topological polar surface area (TPSA) is 84.0 Å². The molecule has 0 aliphatic rings. The fourth-order valence-corrected chi connectivity index (χ4v) is 2.30. The Kier molecular flexibility index (Phi) is 8.40. The van der Waals surface area contributed by atoms with E-state index in [9.17, 15) is 4.79 Å². The first-order chi connectivity index (χ1) is 12.5. The van der Waals surface area contributed by atoms with Crippen LogP contribution in [0.3, 0.4) is 0 Å². The minimum Gasteiger partial charge on any atom is -0.497 e. The fourth-order valence-electron chi connectivity index (χ4n) is 2.30. The number of nitrogens with zero attached hydrogens (tertiary/aromatic N) is 1. The van der Waals surface area contributed by atoms with E-state index in [4.69, 9.17) is 9.47 Å². The Morgan fingerprint density at radius 2 is 1.85 bits per heavy atom. The minimum atomic E-state index is -0.523. The van der Waals surface area contributed by atoms with Crippen LogP contribution in [0.15, 0.2) is 29.3 Å². The van der Waals surface area contributed by atoms with Crippen molar-refractivity contribution in [3.05, 3.63) is 29.8 Å². The molecule has 152 valence electrons. The highest BCUT2D eigenvalue weighted by Gasteiger charge is 2.24. The highest BCUT2D eigenvalue weighted by atomic mass is 16.6. The summed E-state index contributed by atoms with van der Waals surface area (Å²) in [5.74, 6) is 1.53. The molecule has 0 bridgehead atoms. The Labute approximate surface area is 162 Å². The Hall–Kier alpha value is -2.44. The largest absolute Gasteiger partial charge is 0.497 e. The number of carbonyl (C=O) groups is 1. The summed E-state index contributed by atoms with van der Waals surface area (Å²) in [6, 6.07) is 7.99. The molecule has 0 saturated carbocycles. The summed E-state index contributed by atoms with van der Waals surface area (Å²) in [7, 11) is 3.38. The van der Waals surface area contributed by atoms with Gasteiger partial charge in [-0.15, -0.1) is 0 Å². The molecule has 0 aliphatic carbocycles. The number of hydrogen-bond donors (Lipinski definition) is 3. The Balaban J connectivity index is 2.43. The van der Waals surface area contributed by atoms with E-state index in [1.54, 1.807) is 14.2 Å². The molecule has 1 rings (SSSR count). The normalized spacial score (nSPS) is 12.3. The molecular weight excluding hydrogens is 344 g/mol. The predicted octanol–water partition coefficient (Wildman–Crippen LogP) is 2.71. The van der Waals surface area contributed by atoms with Crippen LogP contribution in [0.1, 0.15) is 40.2 Å². The zero-order chi connectivity index (χ0) is 20.5. The highest BCUT2D eigenvalue weighted by molar-refractivity contribution is 5.79. The number of amides is 1. The average molecular weight is 379 g/mol. The van der Waals surface area contributed by atoms with Gasteiger partial charge in [0, 0.05) is 20.1 Å². The molecule has 27 heavy (non-hydrogen) atoms. The molecule has 1 aromatic rings. The van der Waals surface area contributed by atoms with E-state index < -0.39 is 17.2 Å². The molecule has 0 spiro atoms. The van der Waals surface area contributed by atoms with Gasteiger partial charge in [-0.2, -0.15) is 0 Å². The maximum absolute atomic E-state index is 12.0. The second kappa shape index (κ2) is 10.0. The van der Waals surface area contributed by atoms with Crippen molar-refractivity contribution in [2.75, 3.05) is 27.2 Å². The lowest BCUT2D eigenvalue weighted by atomic mass is 10.1. The smallest absolute Gasteiger partial charge is 0.408 e. The third-order valence-corrected chi connectivity index (χ3v) is 3.60. The zero-order valence-corrected chi connectivity index (χ0v) is 17.6. The lowest BCUT2D eigenvalue weighted by molar-refractivity contribution is 0.0474. The molecule has 7 nitrogen and oxygen atoms in total. The lowest BCUT2D eigenvalue weighted by Crippen LogP contribution is -2.54. The zero-order valence-electron chi connectivity index (χ0n) is 17.6. The van der Waals surface area contributed by atoms with Crippen LogP contribution in [0.4, 0.5) is 4.79 Å². The van der Waals surface area contributed by atoms with Gasteiger partial charge in [0.1, 0.15) is 11.4 Å². The average Bonchev–Trinajstić information content (AvgIpc) is 2.55. The van der Waals surface area contributed by atoms with Gasteiger partial charge in [0.2, 0.25) is 0 Å². The number of benzene rings is 1. The fraction of sp³-hybridized carbons (Fsp3) is 0.600. The first-order valence-electron chi connectivity index (χ1n) is 9.13. The van der Waals surface area contributed by atoms with Gasteiger partial charge in [-0.25, -0.2) is 4.79 Å². The van der Waals surface area contributed by atoms with Crippen LogP contribution in [0.5, 0.6) is 5.75 Å². The van der Waals surface area contributed by atoms with E-state index in [0.717, 1.165) is 18.7 Å². The summed E-state index contributed by atoms with van der Waals surface area (Å²) in [5, 5.41) is 9.37. The van der Waals surface area contributed by atoms with Gasteiger partial charge in [0.25, 0.3) is 0 Å². The Morgan fingerprint density at radius 1 is 1.15 bits per heavy atom. The van der Waals surface area contributed by atoms with E-state index in [0.29, 0.717) is 12.5 Å². The molecule has 1 aromatic carbocycles. The van der Waals surface area contributed by atoms with Gasteiger partial charge in [0.15, 0.2) is 5.96 Å². The van der Waals surface area contributed by atoms with Crippen molar-refractivity contribution in [3.8, 4) is 5.75 Å². The van der Waals surface area contributed by atoms with E-state index in [1.807, 2.05) is 52.8 Å². The second-order valence-electron chi connectivity index (χ2n) is 7.96. The van der Waals surface area contributed by atoms with E-state index in [2.05, 4.69) is 27.0 Å². The van der Waals surface area contributed by atoms with Crippen molar-refractivity contribution >= 4 is 12.1 Å². The van der Waals surface area contributed by atoms with Crippen LogP contribution in [-0.4, -0.2) is 50.4 Å². The summed E-state index contributed by atoms with van der Waals surface area (Å²) in [4.78, 5) is 16.2. The van der Waals surface area contributed by atoms with Gasteiger partial charge in [-0.3, -0.25) is 4.99 Å². The van der Waals surface area contributed by atoms with Crippen molar-refractivity contribution in [2.24, 2.45) is 4.99 Å². The number of ether oxygens (including phenoxy) is 2. The van der Waals surface area contributed by atoms with Crippen LogP contribution >= 0.6 is 0 Å². The number of alkyl carbamates (subject to hydrolysis) is 1. The minimum absolute atomic E-state index is 0.435. The van der Waals surface area contributed by atoms with Gasteiger partial charge >= 0.3 is 6.09 Å². The standard InChI is InChI=1S/C20H34N4O3/c1-19(2,3)27-18(25)24-20(4,5)14-23-17(21-6)22-12-11-15-9-8-10-16(13-15)26-7/h8-10,13H,11-12,14H2,1-7H3,(H,24,25)(H2,21,22,23). The Morgan fingerprint density at radius 3 is 2.44 bits per heavy atom. The van der Waals surface area contributed by atoms with Crippen LogP contribution in [-0.2, 0) is 11.2 Å². The monoisotopic (exact) mass is 378 g/mol. The summed E-state index contributed by atoms with van der Waals surface area (Å²) in [6.45, 7) is 10.6. The van der Waals surface area contributed by atoms with Gasteiger partial charge in [-0.1, -0.05) is 12.1 Å². The SMILES string of the molecule is CN=C(NCCc1cccc(OC)c1)NCC(C)(C)NC(=O)OC(C)(C)C. The number of hydrogen-bond acceptors (Lipinski definition) is 4. The van der Waals surface area contributed by atoms with Crippen LogP contribution in [0, 0.1) is 0 Å². The number of carbonyl (C=O) groups excluding carboxylic acids is 1. The Bertz CT molecular complexity index is 636. The van der Waals surface area contributed by atoms with Crippen LogP contribution in [0.2, 0.25) is 0 Å². The first-order valence-corrected chi connectivity index (χ1v) is 9.13. The molecule has 0 aliphatic heterocycles. The van der Waals surface area contributed by atoms with Crippen molar-refractivity contribution in [2.45, 2.75) is 52.2 Å². The molecule has 7 heteroatoms. The summed E-state index contributed by atoms with van der Waals surface area (Å²) in [5.41, 5.74) is 0.169. The summed E-state index contributed by atoms with van der Waals surface area (Å²) >= 11 is 0. The van der Waals surface area contributed by atoms with Gasteiger partial charge in [-0.05, 0) is 58.7 Å². The second-order valence-corrected chi connectivity index (χ2v) is 7.96. The van der Waals surface area contributed by atoms with Crippen LogP contribution < -0.4 is 20.7 Å². The van der Waals surface area contributed by atoms with Gasteiger partial charge < -0.3 is 25.4 Å². The maximum atomic E-state index is 12.0. The number of methoxy groups -OCH3 is 1. The maximum Gasteiger partial charge on any atom is 0.408 e. The molecule has 3 N–H and O–H groups in total. The van der Waals surface area contributed by atoms with Crippen molar-refractivity contribution in [3.63, 3.8) is 0 Å². The van der Waals surface area contributed by atoms with E-state index in [1.165, 1.54) is 5.56 Å². The van der Waals surface area contributed by atoms with Crippen molar-refractivity contribution < 1.29 is 14.3 Å².